The van der Waals surface area contributed by atoms with Gasteiger partial charge in [0.05, 0.1) is 4.92 Å². The van der Waals surface area contributed by atoms with Crippen molar-refractivity contribution in [2.45, 2.75) is 49.3 Å². The van der Waals surface area contributed by atoms with E-state index in [4.69, 9.17) is 11.6 Å². The third-order valence-corrected chi connectivity index (χ3v) is 8.91. The van der Waals surface area contributed by atoms with Crippen LogP contribution in [-0.2, 0) is 4.79 Å². The van der Waals surface area contributed by atoms with Gasteiger partial charge >= 0.3 is 0 Å². The van der Waals surface area contributed by atoms with Crippen molar-refractivity contribution in [2.75, 3.05) is 31.1 Å². The number of nitro benzene ring substituents is 1. The Morgan fingerprint density at radius 3 is 2.43 bits per heavy atom. The van der Waals surface area contributed by atoms with Gasteiger partial charge in [0.2, 0.25) is 5.91 Å². The largest absolute Gasteiger partial charge is 0.362 e. The Labute approximate surface area is 190 Å². The first kappa shape index (κ1) is 20.6. The lowest BCUT2D eigenvalue weighted by Crippen LogP contribution is -2.55. The third-order valence-electron chi connectivity index (χ3n) is 7.74. The van der Waals surface area contributed by atoms with Crippen LogP contribution in [0.2, 0.25) is 5.02 Å². The van der Waals surface area contributed by atoms with Crippen molar-refractivity contribution in [3.05, 3.63) is 33.3 Å². The molecule has 1 amide bonds. The number of piperazine rings is 1. The van der Waals surface area contributed by atoms with Crippen molar-refractivity contribution in [1.29, 1.82) is 0 Å². The molecule has 4 aliphatic carbocycles. The van der Waals surface area contributed by atoms with Crippen LogP contribution in [0.15, 0.2) is 18.2 Å². The summed E-state index contributed by atoms with van der Waals surface area (Å²) in [6.45, 7) is 2.44. The second kappa shape index (κ2) is 7.37. The zero-order valence-corrected chi connectivity index (χ0v) is 19.3. The molecule has 5 aliphatic rings. The molecule has 4 saturated carbocycles. The molecule has 2 unspecified atom stereocenters. The molecule has 0 aromatic heterocycles. The van der Waals surface area contributed by atoms with Crippen molar-refractivity contribution in [1.82, 2.24) is 4.90 Å². The lowest BCUT2D eigenvalue weighted by Gasteiger charge is -2.60. The highest BCUT2D eigenvalue weighted by molar-refractivity contribution is 9.10. The number of carbonyl (C=O) groups is 1. The number of nitro groups is 1. The van der Waals surface area contributed by atoms with E-state index in [9.17, 15) is 14.9 Å². The number of carbonyl (C=O) groups excluding carboxylic acids is 1. The molecular weight excluding hydrogens is 470 g/mol. The number of anilines is 1. The molecule has 5 fully saturated rings. The first-order chi connectivity index (χ1) is 14.2. The second-order valence-corrected chi connectivity index (χ2v) is 12.2. The Bertz CT molecular complexity index is 872. The molecule has 8 heteroatoms. The molecule has 162 valence electrons. The number of amides is 1. The molecule has 6 nitrogen and oxygen atoms in total. The van der Waals surface area contributed by atoms with E-state index >= 15 is 0 Å². The lowest BCUT2D eigenvalue weighted by molar-refractivity contribution is -0.384. The fraction of sp³-hybridized carbons (Fsp3) is 0.682. The van der Waals surface area contributed by atoms with Gasteiger partial charge in [-0.2, -0.15) is 0 Å². The van der Waals surface area contributed by atoms with Crippen LogP contribution in [0.25, 0.3) is 0 Å². The predicted molar refractivity (Wildman–Crippen MR) is 120 cm³/mol. The molecule has 30 heavy (non-hydrogen) atoms. The zero-order chi connectivity index (χ0) is 21.1. The first-order valence-electron chi connectivity index (χ1n) is 10.9. The number of hydrogen-bond donors (Lipinski definition) is 0. The van der Waals surface area contributed by atoms with Gasteiger partial charge in [-0.25, -0.2) is 0 Å². The minimum Gasteiger partial charge on any atom is -0.362 e. The summed E-state index contributed by atoms with van der Waals surface area (Å²) in [6, 6.07) is 4.80. The van der Waals surface area contributed by atoms with E-state index in [2.05, 4.69) is 15.9 Å². The van der Waals surface area contributed by atoms with Crippen molar-refractivity contribution < 1.29 is 9.72 Å². The molecule has 1 aliphatic heterocycles. The van der Waals surface area contributed by atoms with Crippen molar-refractivity contribution in [3.8, 4) is 0 Å². The van der Waals surface area contributed by atoms with Crippen LogP contribution in [0.5, 0.6) is 0 Å². The quantitative estimate of drug-likeness (QED) is 0.333. The Morgan fingerprint density at radius 1 is 1.17 bits per heavy atom. The third kappa shape index (κ3) is 3.72. The van der Waals surface area contributed by atoms with E-state index in [1.807, 2.05) is 9.80 Å². The summed E-state index contributed by atoms with van der Waals surface area (Å²) < 4.78 is 0.267. The van der Waals surface area contributed by atoms with Gasteiger partial charge in [-0.3, -0.25) is 14.9 Å². The molecule has 2 atom stereocenters. The summed E-state index contributed by atoms with van der Waals surface area (Å²) in [7, 11) is 0. The Morgan fingerprint density at radius 2 is 1.83 bits per heavy atom. The molecule has 1 saturated heterocycles. The molecular formula is C22H27BrClN3O3. The molecule has 0 radical (unpaired) electrons. The van der Waals surface area contributed by atoms with Crippen molar-refractivity contribution in [3.63, 3.8) is 0 Å². The van der Waals surface area contributed by atoms with Crippen LogP contribution in [0.4, 0.5) is 11.4 Å². The number of nitrogens with zero attached hydrogens (tertiary/aromatic N) is 3. The SMILES string of the molecule is O=C(CC12CC3CC(CC(Br)(C3)C1)C2)N1CCN(c2ccc(Cl)cc2[N+](=O)[O-])CC1. The van der Waals surface area contributed by atoms with Gasteiger partial charge in [-0.1, -0.05) is 27.5 Å². The first-order valence-corrected chi connectivity index (χ1v) is 12.1. The number of rotatable bonds is 4. The van der Waals surface area contributed by atoms with Gasteiger partial charge < -0.3 is 9.80 Å². The van der Waals surface area contributed by atoms with Crippen LogP contribution >= 0.6 is 27.5 Å². The smallest absolute Gasteiger partial charge is 0.294 e. The van der Waals surface area contributed by atoms with Gasteiger partial charge in [-0.15, -0.1) is 0 Å². The van der Waals surface area contributed by atoms with E-state index in [1.165, 1.54) is 38.2 Å². The van der Waals surface area contributed by atoms with E-state index < -0.39 is 0 Å². The normalized spacial score (nSPS) is 35.0. The van der Waals surface area contributed by atoms with Crippen molar-refractivity contribution >= 4 is 44.8 Å². The summed E-state index contributed by atoms with van der Waals surface area (Å²) in [5.41, 5.74) is 0.786. The summed E-state index contributed by atoms with van der Waals surface area (Å²) >= 11 is 9.98. The molecule has 0 N–H and O–H groups in total. The maximum Gasteiger partial charge on any atom is 0.294 e. The Kier molecular flexibility index (Phi) is 5.05. The predicted octanol–water partition coefficient (Wildman–Crippen LogP) is 5.02. The fourth-order valence-electron chi connectivity index (χ4n) is 7.08. The zero-order valence-electron chi connectivity index (χ0n) is 17.0. The van der Waals surface area contributed by atoms with Gasteiger partial charge in [-0.05, 0) is 67.9 Å². The Balaban J connectivity index is 1.24. The highest BCUT2D eigenvalue weighted by atomic mass is 79.9. The second-order valence-electron chi connectivity index (χ2n) is 10.0. The van der Waals surface area contributed by atoms with E-state index in [-0.39, 0.29) is 26.3 Å². The molecule has 6 rings (SSSR count). The highest BCUT2D eigenvalue weighted by Gasteiger charge is 2.57. The maximum atomic E-state index is 13.2. The molecule has 0 spiro atoms. The van der Waals surface area contributed by atoms with Gasteiger partial charge in [0.25, 0.3) is 5.69 Å². The van der Waals surface area contributed by atoms with E-state index in [0.717, 1.165) is 18.3 Å². The average molecular weight is 497 g/mol. The maximum absolute atomic E-state index is 13.2. The minimum atomic E-state index is -0.387. The van der Waals surface area contributed by atoms with Crippen LogP contribution in [0.1, 0.15) is 44.9 Å². The number of alkyl halides is 1. The number of hydrogen-bond acceptors (Lipinski definition) is 4. The minimum absolute atomic E-state index is 0.0264. The summed E-state index contributed by atoms with van der Waals surface area (Å²) in [6.07, 6.45) is 8.11. The molecule has 4 bridgehead atoms. The van der Waals surface area contributed by atoms with E-state index in [1.54, 1.807) is 12.1 Å². The number of halogens is 2. The monoisotopic (exact) mass is 495 g/mol. The fourth-order valence-corrected chi connectivity index (χ4v) is 8.76. The summed E-state index contributed by atoms with van der Waals surface area (Å²) in [4.78, 5) is 28.2. The van der Waals surface area contributed by atoms with Crippen LogP contribution < -0.4 is 4.90 Å². The molecule has 1 aromatic rings. The summed E-state index contributed by atoms with van der Waals surface area (Å²) in [5.74, 6) is 1.82. The van der Waals surface area contributed by atoms with E-state index in [0.29, 0.717) is 43.3 Å². The van der Waals surface area contributed by atoms with Gasteiger partial charge in [0.15, 0.2) is 0 Å². The van der Waals surface area contributed by atoms with Gasteiger partial charge in [0, 0.05) is 48.0 Å². The van der Waals surface area contributed by atoms with Crippen LogP contribution in [0.3, 0.4) is 0 Å². The van der Waals surface area contributed by atoms with Crippen molar-refractivity contribution in [2.24, 2.45) is 17.3 Å². The summed E-state index contributed by atoms with van der Waals surface area (Å²) in [5, 5.41) is 11.8. The number of benzene rings is 1. The lowest BCUT2D eigenvalue weighted by atomic mass is 9.48. The molecule has 1 heterocycles. The molecule has 1 aromatic carbocycles. The Hall–Kier alpha value is -1.34. The topological polar surface area (TPSA) is 66.7 Å². The van der Waals surface area contributed by atoms with Gasteiger partial charge in [0.1, 0.15) is 5.69 Å². The van der Waals surface area contributed by atoms with Crippen LogP contribution in [-0.4, -0.2) is 46.2 Å². The average Bonchev–Trinajstić information content (AvgIpc) is 2.65. The highest BCUT2D eigenvalue weighted by Crippen LogP contribution is 2.65. The standard InChI is InChI=1S/C22H27BrClN3O3/c23-22-11-15-7-16(12-22)10-21(9-15,14-22)13-20(28)26-5-3-25(4-6-26)18-2-1-17(24)8-19(18)27(29)30/h1-2,8,15-16H,3-7,9-14H2. The van der Waals surface area contributed by atoms with Crippen LogP contribution in [0, 0.1) is 27.4 Å².